The number of nitrogens with zero attached hydrogens (tertiary/aromatic N) is 3. The number of ether oxygens (including phenoxy) is 3. The molecule has 0 spiro atoms. The van der Waals surface area contributed by atoms with Gasteiger partial charge in [0.25, 0.3) is 0 Å². The highest BCUT2D eigenvalue weighted by Crippen LogP contribution is 2.31. The number of aliphatic hydroxyl groups excluding tert-OH is 1. The van der Waals surface area contributed by atoms with E-state index in [0.29, 0.717) is 36.6 Å². The Morgan fingerprint density at radius 1 is 1.07 bits per heavy atom. The first-order valence-electron chi connectivity index (χ1n) is 14.4. The smallest absolute Gasteiger partial charge is 0.410 e. The summed E-state index contributed by atoms with van der Waals surface area (Å²) in [6.45, 7) is 6.85. The van der Waals surface area contributed by atoms with Gasteiger partial charge in [-0.05, 0) is 81.8 Å². The number of Topliss-reactive ketones (excluding diaryl/α,β-unsaturated/α-hetero) is 1. The van der Waals surface area contributed by atoms with Crippen molar-refractivity contribution in [3.8, 4) is 5.75 Å². The molecule has 2 aliphatic heterocycles. The van der Waals surface area contributed by atoms with E-state index in [2.05, 4.69) is 10.3 Å². The summed E-state index contributed by atoms with van der Waals surface area (Å²) >= 11 is 0. The van der Waals surface area contributed by atoms with Gasteiger partial charge in [0.2, 0.25) is 0 Å². The highest BCUT2D eigenvalue weighted by Gasteiger charge is 2.37. The van der Waals surface area contributed by atoms with Gasteiger partial charge < -0.3 is 29.5 Å². The summed E-state index contributed by atoms with van der Waals surface area (Å²) in [7, 11) is 2.97. The molecule has 0 bridgehead atoms. The van der Waals surface area contributed by atoms with E-state index in [-0.39, 0.29) is 37.3 Å². The summed E-state index contributed by atoms with van der Waals surface area (Å²) in [6, 6.07) is 8.69. The maximum atomic E-state index is 13.2. The molecule has 1 fully saturated rings. The van der Waals surface area contributed by atoms with Crippen molar-refractivity contribution in [1.82, 2.24) is 14.8 Å². The van der Waals surface area contributed by atoms with Crippen LogP contribution < -0.4 is 10.1 Å². The third kappa shape index (κ3) is 7.90. The van der Waals surface area contributed by atoms with Crippen molar-refractivity contribution in [2.75, 3.05) is 32.6 Å². The molecule has 0 radical (unpaired) electrons. The zero-order valence-electron chi connectivity index (χ0n) is 25.1. The standard InChI is InChI=1S/C31H42N4O7/c1-31(2,3)42-30(39)35-19-22-16-24(40-4)7-6-20(22)17-25(35)27(37)9-8-26(36)21-10-13-32-28(18-21)33-23-11-14-34(15-12-23)29(38)41-5/h6-7,10,13,16,18,23,25,27,37H,8-9,11-12,14-15,17,19H2,1-5H3,(H,32,33)/t25-,27+/m0/s1. The zero-order valence-corrected chi connectivity index (χ0v) is 25.1. The third-order valence-corrected chi connectivity index (χ3v) is 7.68. The molecule has 0 saturated carbocycles. The van der Waals surface area contributed by atoms with Crippen molar-refractivity contribution in [1.29, 1.82) is 0 Å². The van der Waals surface area contributed by atoms with Gasteiger partial charge in [-0.2, -0.15) is 0 Å². The van der Waals surface area contributed by atoms with E-state index in [1.807, 2.05) is 18.2 Å². The van der Waals surface area contributed by atoms with Gasteiger partial charge in [0.1, 0.15) is 17.2 Å². The third-order valence-electron chi connectivity index (χ3n) is 7.68. The van der Waals surface area contributed by atoms with Gasteiger partial charge in [0.05, 0.1) is 26.4 Å². The van der Waals surface area contributed by atoms with Crippen LogP contribution in [0.3, 0.4) is 0 Å². The van der Waals surface area contributed by atoms with Crippen LogP contribution in [0.1, 0.15) is 67.9 Å². The van der Waals surface area contributed by atoms with Crippen LogP contribution in [0.5, 0.6) is 5.75 Å². The number of aliphatic hydroxyl groups is 1. The molecule has 2 atom stereocenters. The zero-order chi connectivity index (χ0) is 30.4. The van der Waals surface area contributed by atoms with Gasteiger partial charge in [-0.3, -0.25) is 9.69 Å². The Morgan fingerprint density at radius 2 is 1.81 bits per heavy atom. The number of rotatable bonds is 8. The molecule has 3 heterocycles. The molecule has 2 amide bonds. The first-order valence-corrected chi connectivity index (χ1v) is 14.4. The predicted molar refractivity (Wildman–Crippen MR) is 157 cm³/mol. The Kier molecular flexibility index (Phi) is 9.93. The van der Waals surface area contributed by atoms with Crippen molar-refractivity contribution < 1.29 is 33.7 Å². The second-order valence-electron chi connectivity index (χ2n) is 11.8. The van der Waals surface area contributed by atoms with Crippen LogP contribution in [0, 0.1) is 0 Å². The van der Waals surface area contributed by atoms with Gasteiger partial charge in [-0.25, -0.2) is 14.6 Å². The van der Waals surface area contributed by atoms with Gasteiger partial charge >= 0.3 is 12.2 Å². The van der Waals surface area contributed by atoms with Crippen molar-refractivity contribution in [2.45, 2.75) is 83.2 Å². The van der Waals surface area contributed by atoms with Crippen LogP contribution in [0.25, 0.3) is 0 Å². The van der Waals surface area contributed by atoms with Crippen LogP contribution >= 0.6 is 0 Å². The minimum Gasteiger partial charge on any atom is -0.497 e. The summed E-state index contributed by atoms with van der Waals surface area (Å²) in [5.74, 6) is 1.17. The first-order chi connectivity index (χ1) is 20.0. The lowest BCUT2D eigenvalue weighted by atomic mass is 9.89. The molecule has 0 unspecified atom stereocenters. The lowest BCUT2D eigenvalue weighted by Crippen LogP contribution is -2.51. The SMILES string of the molecule is COC(=O)N1CCC(Nc2cc(C(=O)CC[C@@H](O)[C@@H]3Cc4ccc(OC)cc4CN3C(=O)OC(C)(C)C)ccn2)CC1. The Bertz CT molecular complexity index is 1270. The number of methoxy groups -OCH3 is 2. The van der Waals surface area contributed by atoms with Gasteiger partial charge in [0.15, 0.2) is 5.78 Å². The van der Waals surface area contributed by atoms with E-state index in [1.165, 1.54) is 7.11 Å². The fourth-order valence-corrected chi connectivity index (χ4v) is 5.42. The minimum absolute atomic E-state index is 0.107. The van der Waals surface area contributed by atoms with Crippen molar-refractivity contribution in [3.05, 3.63) is 53.2 Å². The van der Waals surface area contributed by atoms with Crippen molar-refractivity contribution in [3.63, 3.8) is 0 Å². The summed E-state index contributed by atoms with van der Waals surface area (Å²) < 4.78 is 15.8. The fraction of sp³-hybridized carbons (Fsp3) is 0.548. The number of piperidine rings is 1. The molecule has 2 aromatic rings. The molecule has 1 aromatic heterocycles. The number of fused-ring (bicyclic) bond motifs is 1. The number of anilines is 1. The number of aromatic nitrogens is 1. The Hall–Kier alpha value is -3.86. The summed E-state index contributed by atoms with van der Waals surface area (Å²) in [6.07, 6.45) is 2.04. The number of pyridine rings is 1. The fourth-order valence-electron chi connectivity index (χ4n) is 5.42. The second kappa shape index (κ2) is 13.4. The maximum absolute atomic E-state index is 13.2. The monoisotopic (exact) mass is 582 g/mol. The number of ketones is 1. The van der Waals surface area contributed by atoms with Crippen LogP contribution in [0.4, 0.5) is 15.4 Å². The maximum Gasteiger partial charge on any atom is 0.410 e. The van der Waals surface area contributed by atoms with Gasteiger partial charge in [0, 0.05) is 43.9 Å². The molecule has 4 rings (SSSR count). The first kappa shape index (κ1) is 31.1. The van der Waals surface area contributed by atoms with E-state index in [0.717, 1.165) is 24.0 Å². The van der Waals surface area contributed by atoms with E-state index in [1.54, 1.807) is 56.0 Å². The molecule has 0 aliphatic carbocycles. The summed E-state index contributed by atoms with van der Waals surface area (Å²) in [4.78, 5) is 45.7. The number of amides is 2. The Balaban J connectivity index is 1.39. The van der Waals surface area contributed by atoms with E-state index >= 15 is 0 Å². The average Bonchev–Trinajstić information content (AvgIpc) is 2.97. The number of hydrogen-bond acceptors (Lipinski definition) is 9. The number of carbonyl (C=O) groups excluding carboxylic acids is 3. The van der Waals surface area contributed by atoms with Gasteiger partial charge in [-0.1, -0.05) is 6.07 Å². The predicted octanol–water partition coefficient (Wildman–Crippen LogP) is 4.42. The molecule has 11 heteroatoms. The minimum atomic E-state index is -0.934. The summed E-state index contributed by atoms with van der Waals surface area (Å²) in [5, 5.41) is 14.6. The molecule has 228 valence electrons. The largest absolute Gasteiger partial charge is 0.497 e. The number of nitrogens with one attached hydrogen (secondary N) is 1. The Morgan fingerprint density at radius 3 is 2.48 bits per heavy atom. The molecular formula is C31H42N4O7. The second-order valence-corrected chi connectivity index (χ2v) is 11.8. The number of benzene rings is 1. The molecule has 11 nitrogen and oxygen atoms in total. The number of carbonyl (C=O) groups is 3. The van der Waals surface area contributed by atoms with Crippen LogP contribution in [0.2, 0.25) is 0 Å². The van der Waals surface area contributed by atoms with Crippen LogP contribution in [-0.4, -0.2) is 89.0 Å². The topological polar surface area (TPSA) is 131 Å². The lowest BCUT2D eigenvalue weighted by Gasteiger charge is -2.40. The van der Waals surface area contributed by atoms with Gasteiger partial charge in [-0.15, -0.1) is 0 Å². The highest BCUT2D eigenvalue weighted by molar-refractivity contribution is 5.96. The highest BCUT2D eigenvalue weighted by atomic mass is 16.6. The van der Waals surface area contributed by atoms with Crippen LogP contribution in [-0.2, 0) is 22.4 Å². The Labute approximate surface area is 247 Å². The number of hydrogen-bond donors (Lipinski definition) is 2. The molecule has 1 saturated heterocycles. The summed E-state index contributed by atoms with van der Waals surface area (Å²) in [5.41, 5.74) is 1.76. The average molecular weight is 583 g/mol. The lowest BCUT2D eigenvalue weighted by molar-refractivity contribution is -0.0135. The quantitative estimate of drug-likeness (QED) is 0.435. The van der Waals surface area contributed by atoms with E-state index in [9.17, 15) is 19.5 Å². The normalized spacial score (nSPS) is 18.1. The van der Waals surface area contributed by atoms with E-state index < -0.39 is 23.8 Å². The van der Waals surface area contributed by atoms with Crippen LogP contribution in [0.15, 0.2) is 36.5 Å². The number of likely N-dealkylation sites (tertiary alicyclic amines) is 1. The van der Waals surface area contributed by atoms with Crippen molar-refractivity contribution >= 4 is 23.8 Å². The molecule has 42 heavy (non-hydrogen) atoms. The molecular weight excluding hydrogens is 540 g/mol. The van der Waals surface area contributed by atoms with E-state index in [4.69, 9.17) is 14.2 Å². The molecule has 2 N–H and O–H groups in total. The molecule has 2 aliphatic rings. The molecule has 1 aromatic carbocycles. The van der Waals surface area contributed by atoms with Crippen molar-refractivity contribution in [2.24, 2.45) is 0 Å².